The number of rotatable bonds is 7. The Morgan fingerprint density at radius 2 is 1.97 bits per heavy atom. The van der Waals surface area contributed by atoms with Crippen LogP contribution in [0.1, 0.15) is 30.8 Å². The first-order chi connectivity index (χ1) is 13.6. The summed E-state index contributed by atoms with van der Waals surface area (Å²) >= 11 is 0. The van der Waals surface area contributed by atoms with Crippen LogP contribution in [0.25, 0.3) is 0 Å². The molecule has 2 rings (SSSR count). The number of aliphatic carboxylic acids is 1. The first kappa shape index (κ1) is 23.8. The molecule has 29 heavy (non-hydrogen) atoms. The smallest absolute Gasteiger partial charge is 0.441 e. The molecular weight excluding hydrogens is 382 g/mol. The lowest BCUT2D eigenvalue weighted by Crippen LogP contribution is -2.45. The summed E-state index contributed by atoms with van der Waals surface area (Å²) in [5, 5.41) is 20.9. The van der Waals surface area contributed by atoms with Crippen LogP contribution in [0.15, 0.2) is 51.8 Å². The van der Waals surface area contributed by atoms with E-state index in [0.29, 0.717) is 24.4 Å². The summed E-state index contributed by atoms with van der Waals surface area (Å²) in [6.07, 6.45) is 2.35. The summed E-state index contributed by atoms with van der Waals surface area (Å²) in [5.74, 6) is -1.73. The molecule has 4 N–H and O–H groups in total. The number of carboxylic acids is 1. The molecule has 0 saturated heterocycles. The number of allylic oxidation sites excluding steroid dienone is 1. The number of aryl methyl sites for hydroxylation is 1. The number of nitrogens with zero attached hydrogens (tertiary/aromatic N) is 2. The van der Waals surface area contributed by atoms with Crippen molar-refractivity contribution in [2.24, 2.45) is 5.73 Å². The van der Waals surface area contributed by atoms with E-state index < -0.39 is 29.3 Å². The molecule has 0 bridgehead atoms. The van der Waals surface area contributed by atoms with Crippen LogP contribution in [0.3, 0.4) is 0 Å². The third-order valence-electron chi connectivity index (χ3n) is 3.86. The van der Waals surface area contributed by atoms with Crippen molar-refractivity contribution >= 4 is 11.9 Å². The van der Waals surface area contributed by atoms with Crippen molar-refractivity contribution in [2.45, 2.75) is 38.5 Å². The maximum Gasteiger partial charge on any atom is 0.441 e. The first-order valence-electron chi connectivity index (χ1n) is 8.61. The number of methoxy groups -OCH3 is 1. The van der Waals surface area contributed by atoms with Crippen LogP contribution in [0.5, 0.6) is 0 Å². The van der Waals surface area contributed by atoms with Crippen molar-refractivity contribution in [2.75, 3.05) is 7.11 Å². The lowest BCUT2D eigenvalue weighted by atomic mass is 9.99. The number of esters is 1. The molecule has 2 aromatic rings. The molecule has 1 aromatic heterocycles. The molecule has 1 unspecified atom stereocenters. The second-order valence-corrected chi connectivity index (χ2v) is 6.34. The molecule has 0 spiro atoms. The number of aromatic nitrogens is 2. The monoisotopic (exact) mass is 407 g/mol. The Balaban J connectivity index is 0.000000326. The molecule has 0 aliphatic heterocycles. The number of nitrogens with two attached hydrogens (primary N) is 1. The van der Waals surface area contributed by atoms with Gasteiger partial charge < -0.3 is 20.7 Å². The number of hydrogen-bond donors (Lipinski definition) is 3. The van der Waals surface area contributed by atoms with Gasteiger partial charge in [-0.05, 0) is 25.8 Å². The Labute approximate surface area is 167 Å². The zero-order chi connectivity index (χ0) is 22.0. The van der Waals surface area contributed by atoms with Crippen LogP contribution in [-0.4, -0.2) is 44.5 Å². The lowest BCUT2D eigenvalue weighted by Gasteiger charge is -2.19. The van der Waals surface area contributed by atoms with Crippen LogP contribution >= 0.6 is 0 Å². The van der Waals surface area contributed by atoms with Crippen molar-refractivity contribution in [3.63, 3.8) is 0 Å². The van der Waals surface area contributed by atoms with Crippen LogP contribution in [0.4, 0.5) is 0 Å². The number of carbonyl (C=O) groups excluding carboxylic acids is 1. The Morgan fingerprint density at radius 1 is 1.34 bits per heavy atom. The molecule has 0 amide bonds. The predicted octanol–water partition coefficient (Wildman–Crippen LogP) is 0.786. The molecule has 0 aliphatic rings. The van der Waals surface area contributed by atoms with Gasteiger partial charge in [0.15, 0.2) is 11.9 Å². The van der Waals surface area contributed by atoms with Gasteiger partial charge in [-0.3, -0.25) is 13.9 Å². The first-order valence-corrected chi connectivity index (χ1v) is 8.61. The van der Waals surface area contributed by atoms with E-state index in [1.54, 1.807) is 56.3 Å². The molecule has 0 saturated carbocycles. The largest absolute Gasteiger partial charge is 0.479 e. The van der Waals surface area contributed by atoms with Crippen molar-refractivity contribution < 1.29 is 29.1 Å². The summed E-state index contributed by atoms with van der Waals surface area (Å²) in [6.45, 7) is 3.58. The van der Waals surface area contributed by atoms with Crippen molar-refractivity contribution in [1.29, 1.82) is 0 Å². The van der Waals surface area contributed by atoms with Gasteiger partial charge in [-0.15, -0.1) is 0 Å². The molecule has 10 heteroatoms. The van der Waals surface area contributed by atoms with E-state index in [0.717, 1.165) is 0 Å². The van der Waals surface area contributed by atoms with Gasteiger partial charge in [0.05, 0.1) is 7.11 Å². The number of carbonyl (C=O) groups is 2. The van der Waals surface area contributed by atoms with Crippen molar-refractivity contribution in [3.8, 4) is 0 Å². The maximum atomic E-state index is 11.3. The maximum absolute atomic E-state index is 11.3. The number of aliphatic hydroxyl groups excluding tert-OH is 1. The molecular formula is C19H25N3O7. The second-order valence-electron chi connectivity index (χ2n) is 6.34. The third-order valence-corrected chi connectivity index (χ3v) is 3.86. The summed E-state index contributed by atoms with van der Waals surface area (Å²) in [7, 11) is 1.29. The van der Waals surface area contributed by atoms with E-state index in [1.807, 2.05) is 0 Å². The highest BCUT2D eigenvalue weighted by Gasteiger charge is 2.27. The Morgan fingerprint density at radius 3 is 2.45 bits per heavy atom. The average Bonchev–Trinajstić information content (AvgIpc) is 3.02. The summed E-state index contributed by atoms with van der Waals surface area (Å²) in [6, 6.07) is 8.26. The minimum atomic E-state index is -1.41. The summed E-state index contributed by atoms with van der Waals surface area (Å²) in [5.41, 5.74) is 5.10. The zero-order valence-corrected chi connectivity index (χ0v) is 16.4. The molecule has 158 valence electrons. The van der Waals surface area contributed by atoms with Crippen LogP contribution in [0.2, 0.25) is 0 Å². The zero-order valence-electron chi connectivity index (χ0n) is 16.4. The molecule has 0 fully saturated rings. The highest BCUT2D eigenvalue weighted by Crippen LogP contribution is 2.11. The third kappa shape index (κ3) is 7.35. The van der Waals surface area contributed by atoms with Gasteiger partial charge in [0, 0.05) is 6.54 Å². The molecule has 1 aromatic carbocycles. The van der Waals surface area contributed by atoms with E-state index in [9.17, 15) is 14.4 Å². The average molecular weight is 407 g/mol. The molecule has 2 atom stereocenters. The molecule has 0 aliphatic carbocycles. The SMILES string of the molecule is COC(=O)C(C)(N)C/C=C/Cn1c(C)noc1=O.O=C(O)[C@@H](O)c1ccccc1. The van der Waals surface area contributed by atoms with Crippen molar-refractivity contribution in [1.82, 2.24) is 9.72 Å². The van der Waals surface area contributed by atoms with E-state index in [4.69, 9.17) is 15.9 Å². The normalized spacial score (nSPS) is 13.8. The van der Waals surface area contributed by atoms with Gasteiger partial charge >= 0.3 is 17.7 Å². The van der Waals surface area contributed by atoms with E-state index in [1.165, 1.54) is 11.7 Å². The quantitative estimate of drug-likeness (QED) is 0.445. The van der Waals surface area contributed by atoms with Gasteiger partial charge in [0.25, 0.3) is 0 Å². The van der Waals surface area contributed by atoms with Crippen LogP contribution in [0, 0.1) is 6.92 Å². The second kappa shape index (κ2) is 10.9. The van der Waals surface area contributed by atoms with Gasteiger partial charge in [-0.25, -0.2) is 9.59 Å². The molecule has 10 nitrogen and oxygen atoms in total. The fraction of sp³-hybridized carbons (Fsp3) is 0.368. The number of aliphatic hydroxyl groups is 1. The van der Waals surface area contributed by atoms with Crippen LogP contribution in [-0.2, 0) is 20.9 Å². The highest BCUT2D eigenvalue weighted by atomic mass is 16.5. The van der Waals surface area contributed by atoms with Crippen LogP contribution < -0.4 is 11.5 Å². The summed E-state index contributed by atoms with van der Waals surface area (Å²) < 4.78 is 10.4. The fourth-order valence-electron chi connectivity index (χ4n) is 2.14. The van der Waals surface area contributed by atoms with Crippen molar-refractivity contribution in [3.05, 3.63) is 64.4 Å². The van der Waals surface area contributed by atoms with Gasteiger partial charge in [0.2, 0.25) is 0 Å². The Bertz CT molecular complexity index is 885. The lowest BCUT2D eigenvalue weighted by molar-refractivity contribution is -0.147. The minimum Gasteiger partial charge on any atom is -0.479 e. The number of ether oxygens (including phenoxy) is 1. The molecule has 1 heterocycles. The summed E-state index contributed by atoms with van der Waals surface area (Å²) in [4.78, 5) is 32.7. The fourth-order valence-corrected chi connectivity index (χ4v) is 2.14. The van der Waals surface area contributed by atoms with E-state index in [-0.39, 0.29) is 0 Å². The highest BCUT2D eigenvalue weighted by molar-refractivity contribution is 5.80. The van der Waals surface area contributed by atoms with E-state index >= 15 is 0 Å². The number of hydrogen-bond acceptors (Lipinski definition) is 8. The number of benzene rings is 1. The van der Waals surface area contributed by atoms with Gasteiger partial charge in [-0.1, -0.05) is 47.6 Å². The number of carboxylic acid groups (broad SMARTS) is 1. The Kier molecular flexibility index (Phi) is 8.97. The minimum absolute atomic E-state index is 0.318. The topological polar surface area (TPSA) is 158 Å². The van der Waals surface area contributed by atoms with Gasteiger partial charge in [0.1, 0.15) is 5.54 Å². The predicted molar refractivity (Wildman–Crippen MR) is 103 cm³/mol. The van der Waals surface area contributed by atoms with E-state index in [2.05, 4.69) is 14.4 Å². The Hall–Kier alpha value is -3.24. The standard InChI is InChI=1S/C11H17N3O4.C8H8O3/c1-8-13-18-10(16)14(8)7-5-4-6-11(2,12)9(15)17-3;9-7(8(10)11)6-4-2-1-3-5-6/h4-5H,6-7,12H2,1-3H3;1-5,7,9H,(H,10,11)/b5-4+;/t;7-/m.0/s1. The molecule has 0 radical (unpaired) electrons. The van der Waals surface area contributed by atoms with Gasteiger partial charge in [-0.2, -0.15) is 0 Å².